The number of nitro groups is 1. The lowest BCUT2D eigenvalue weighted by molar-refractivity contribution is -0.385. The van der Waals surface area contributed by atoms with Gasteiger partial charge in [-0.1, -0.05) is 23.7 Å². The maximum Gasteiger partial charge on any atom is 0.309 e. The maximum atomic E-state index is 12.8. The number of benzene rings is 1. The van der Waals surface area contributed by atoms with Crippen LogP contribution in [0.5, 0.6) is 0 Å². The zero-order valence-corrected chi connectivity index (χ0v) is 17.3. The van der Waals surface area contributed by atoms with Gasteiger partial charge in [-0.05, 0) is 45.4 Å². The lowest BCUT2D eigenvalue weighted by atomic mass is 10.2. The van der Waals surface area contributed by atoms with E-state index in [1.165, 1.54) is 4.68 Å². The minimum atomic E-state index is -0.723. The summed E-state index contributed by atoms with van der Waals surface area (Å²) >= 11 is 6.05. The first-order valence-electron chi connectivity index (χ1n) is 8.96. The molecule has 0 spiro atoms. The second-order valence-corrected chi connectivity index (χ2v) is 7.25. The van der Waals surface area contributed by atoms with Gasteiger partial charge in [-0.3, -0.25) is 24.3 Å². The van der Waals surface area contributed by atoms with Crippen LogP contribution in [-0.4, -0.2) is 30.4 Å². The molecule has 0 saturated carbocycles. The van der Waals surface area contributed by atoms with Crippen molar-refractivity contribution in [1.82, 2.24) is 19.6 Å². The summed E-state index contributed by atoms with van der Waals surface area (Å²) in [6.07, 6.45) is 1.15. The van der Waals surface area contributed by atoms with Gasteiger partial charge in [-0.15, -0.1) is 0 Å². The van der Waals surface area contributed by atoms with Crippen molar-refractivity contribution in [3.63, 3.8) is 0 Å². The van der Waals surface area contributed by atoms with Crippen molar-refractivity contribution in [3.05, 3.63) is 68.2 Å². The van der Waals surface area contributed by atoms with Crippen molar-refractivity contribution in [3.8, 4) is 0 Å². The third kappa shape index (κ3) is 4.14. The van der Waals surface area contributed by atoms with E-state index in [0.29, 0.717) is 28.6 Å². The van der Waals surface area contributed by atoms with Crippen LogP contribution in [-0.2, 0) is 11.3 Å². The van der Waals surface area contributed by atoms with E-state index in [2.05, 4.69) is 15.5 Å². The van der Waals surface area contributed by atoms with Gasteiger partial charge in [0.05, 0.1) is 28.5 Å². The molecule has 1 atom stereocenters. The zero-order valence-electron chi connectivity index (χ0n) is 16.5. The first-order valence-corrected chi connectivity index (χ1v) is 9.34. The molecule has 3 rings (SSSR count). The summed E-state index contributed by atoms with van der Waals surface area (Å²) in [6.45, 7) is 7.40. The van der Waals surface area contributed by atoms with Gasteiger partial charge in [0, 0.05) is 5.02 Å². The Hall–Kier alpha value is -3.20. The third-order valence-electron chi connectivity index (χ3n) is 4.81. The number of hydrogen-bond acceptors (Lipinski definition) is 5. The molecule has 0 saturated heterocycles. The average Bonchev–Trinajstić information content (AvgIpc) is 3.16. The summed E-state index contributed by atoms with van der Waals surface area (Å²) in [5.74, 6) is -0.334. The van der Waals surface area contributed by atoms with Crippen LogP contribution in [0.15, 0.2) is 30.5 Å². The van der Waals surface area contributed by atoms with E-state index in [0.717, 1.165) is 17.5 Å². The van der Waals surface area contributed by atoms with E-state index in [1.54, 1.807) is 24.6 Å². The van der Waals surface area contributed by atoms with Crippen molar-refractivity contribution < 1.29 is 9.72 Å². The Morgan fingerprint density at radius 1 is 1.31 bits per heavy atom. The molecule has 10 heteroatoms. The van der Waals surface area contributed by atoms with Crippen LogP contribution >= 0.6 is 11.6 Å². The highest BCUT2D eigenvalue weighted by Crippen LogP contribution is 2.24. The highest BCUT2D eigenvalue weighted by Gasteiger charge is 2.25. The highest BCUT2D eigenvalue weighted by atomic mass is 35.5. The van der Waals surface area contributed by atoms with Gasteiger partial charge in [0.25, 0.3) is 0 Å². The Labute approximate surface area is 172 Å². The molecule has 0 radical (unpaired) electrons. The number of aryl methyl sites for hydroxylation is 1. The molecule has 9 nitrogen and oxygen atoms in total. The molecule has 0 aliphatic heterocycles. The van der Waals surface area contributed by atoms with Crippen LogP contribution in [0.4, 0.5) is 11.4 Å². The molecule has 29 heavy (non-hydrogen) atoms. The number of carbonyl (C=O) groups excluding carboxylic acids is 1. The number of carbonyl (C=O) groups is 1. The SMILES string of the molecule is Cc1nn(Cc2cccc(Cl)c2)c(C)c1NC(=O)C(C)n1ncc([N+](=O)[O-])c1C. The number of aromatic nitrogens is 4. The van der Waals surface area contributed by atoms with Crippen molar-refractivity contribution in [2.24, 2.45) is 0 Å². The molecular formula is C19H21ClN6O3. The van der Waals surface area contributed by atoms with Crippen molar-refractivity contribution >= 4 is 28.9 Å². The standard InChI is InChI=1S/C19H21ClN6O3/c1-11-18(13(3)24(23-11)10-15-6-5-7-16(20)8-15)22-19(27)14(4)25-12(2)17(9-21-25)26(28)29/h5-9,14H,10H2,1-4H3,(H,22,27). The van der Waals surface area contributed by atoms with E-state index in [1.807, 2.05) is 32.0 Å². The minimum absolute atomic E-state index is 0.119. The monoisotopic (exact) mass is 416 g/mol. The van der Waals surface area contributed by atoms with Crippen molar-refractivity contribution in [2.45, 2.75) is 40.3 Å². The van der Waals surface area contributed by atoms with Crippen LogP contribution < -0.4 is 5.32 Å². The van der Waals surface area contributed by atoms with Crippen LogP contribution in [0, 0.1) is 30.9 Å². The summed E-state index contributed by atoms with van der Waals surface area (Å²) in [5.41, 5.74) is 3.28. The second-order valence-electron chi connectivity index (χ2n) is 6.82. The summed E-state index contributed by atoms with van der Waals surface area (Å²) in [5, 5.41) is 23.1. The molecule has 0 aliphatic carbocycles. The molecule has 0 fully saturated rings. The third-order valence-corrected chi connectivity index (χ3v) is 5.05. The predicted molar refractivity (Wildman–Crippen MR) is 109 cm³/mol. The van der Waals surface area contributed by atoms with E-state index in [9.17, 15) is 14.9 Å². The molecule has 1 amide bonds. The van der Waals surface area contributed by atoms with E-state index >= 15 is 0 Å². The smallest absolute Gasteiger partial charge is 0.309 e. The first kappa shape index (κ1) is 20.5. The maximum absolute atomic E-state index is 12.8. The summed E-state index contributed by atoms with van der Waals surface area (Å²) in [6, 6.07) is 6.78. The van der Waals surface area contributed by atoms with E-state index < -0.39 is 11.0 Å². The molecule has 0 bridgehead atoms. The number of amides is 1. The quantitative estimate of drug-likeness (QED) is 0.485. The molecule has 1 aromatic carbocycles. The normalized spacial score (nSPS) is 12.0. The van der Waals surface area contributed by atoms with Gasteiger partial charge in [0.1, 0.15) is 17.9 Å². The fourth-order valence-electron chi connectivity index (χ4n) is 3.16. The van der Waals surface area contributed by atoms with Crippen molar-refractivity contribution in [1.29, 1.82) is 0 Å². The van der Waals surface area contributed by atoms with E-state index in [-0.39, 0.29) is 11.6 Å². The van der Waals surface area contributed by atoms with Gasteiger partial charge in [-0.25, -0.2) is 0 Å². The summed E-state index contributed by atoms with van der Waals surface area (Å²) < 4.78 is 3.14. The number of halogens is 1. The summed E-state index contributed by atoms with van der Waals surface area (Å²) in [7, 11) is 0. The molecule has 0 aliphatic rings. The number of hydrogen-bond donors (Lipinski definition) is 1. The molecule has 3 aromatic rings. The lowest BCUT2D eigenvalue weighted by Crippen LogP contribution is -2.25. The molecular weight excluding hydrogens is 396 g/mol. The molecule has 2 aromatic heterocycles. The number of anilines is 1. The van der Waals surface area contributed by atoms with E-state index in [4.69, 9.17) is 11.6 Å². The predicted octanol–water partition coefficient (Wildman–Crippen LogP) is 3.81. The summed E-state index contributed by atoms with van der Waals surface area (Å²) in [4.78, 5) is 23.3. The lowest BCUT2D eigenvalue weighted by Gasteiger charge is -2.14. The highest BCUT2D eigenvalue weighted by molar-refractivity contribution is 6.30. The van der Waals surface area contributed by atoms with Crippen LogP contribution in [0.2, 0.25) is 5.02 Å². The largest absolute Gasteiger partial charge is 0.321 e. The molecule has 1 unspecified atom stereocenters. The van der Waals surface area contributed by atoms with Crippen LogP contribution in [0.1, 0.15) is 35.6 Å². The minimum Gasteiger partial charge on any atom is -0.321 e. The fourth-order valence-corrected chi connectivity index (χ4v) is 3.38. The molecule has 1 N–H and O–H groups in total. The Morgan fingerprint density at radius 2 is 2.03 bits per heavy atom. The Morgan fingerprint density at radius 3 is 2.66 bits per heavy atom. The topological polar surface area (TPSA) is 108 Å². The van der Waals surface area contributed by atoms with Gasteiger partial charge < -0.3 is 5.32 Å². The average molecular weight is 417 g/mol. The number of nitrogens with zero attached hydrogens (tertiary/aromatic N) is 5. The Balaban J connectivity index is 1.80. The van der Waals surface area contributed by atoms with Crippen molar-refractivity contribution in [2.75, 3.05) is 5.32 Å². The Bertz CT molecular complexity index is 1090. The van der Waals surface area contributed by atoms with Gasteiger partial charge in [-0.2, -0.15) is 10.2 Å². The fraction of sp³-hybridized carbons (Fsp3) is 0.316. The molecule has 2 heterocycles. The van der Waals surface area contributed by atoms with Gasteiger partial charge >= 0.3 is 5.69 Å². The molecule has 152 valence electrons. The number of nitrogens with one attached hydrogen (secondary N) is 1. The zero-order chi connectivity index (χ0) is 21.3. The Kier molecular flexibility index (Phi) is 5.69. The van der Waals surface area contributed by atoms with Gasteiger partial charge in [0.2, 0.25) is 5.91 Å². The van der Waals surface area contributed by atoms with Crippen LogP contribution in [0.25, 0.3) is 0 Å². The number of rotatable bonds is 6. The second kappa shape index (κ2) is 8.04. The van der Waals surface area contributed by atoms with Crippen LogP contribution in [0.3, 0.4) is 0 Å². The van der Waals surface area contributed by atoms with Gasteiger partial charge in [0.15, 0.2) is 0 Å². The first-order chi connectivity index (χ1) is 13.7.